The molecule has 0 fully saturated rings. The maximum atomic E-state index is 4.44. The first-order chi connectivity index (χ1) is 7.11. The van der Waals surface area contributed by atoms with Crippen molar-refractivity contribution in [2.45, 2.75) is 0 Å². The summed E-state index contributed by atoms with van der Waals surface area (Å²) in [5.74, 6) is 0. The van der Waals surface area contributed by atoms with Crippen LogP contribution in [0.2, 0.25) is 0 Å². The highest BCUT2D eigenvalue weighted by Crippen LogP contribution is 2.40. The fourth-order valence-corrected chi connectivity index (χ4v) is 3.21. The Hall–Kier alpha value is 0.350. The van der Waals surface area contributed by atoms with Crippen LogP contribution >= 0.6 is 63.7 Å². The number of aromatic nitrogens is 2. The van der Waals surface area contributed by atoms with Crippen molar-refractivity contribution >= 4 is 63.7 Å². The summed E-state index contributed by atoms with van der Waals surface area (Å²) >= 11 is 13.8. The number of nitrogens with zero attached hydrogens (tertiary/aromatic N) is 1. The number of aromatic amines is 1. The van der Waals surface area contributed by atoms with Gasteiger partial charge in [0.05, 0.1) is 19.1 Å². The smallest absolute Gasteiger partial charge is 0.122 e. The first-order valence-electron chi connectivity index (χ1n) is 3.95. The zero-order valence-electron chi connectivity index (χ0n) is 7.19. The molecule has 0 aliphatic carbocycles. The SMILES string of the molecule is Brc1nc(-c2ccc[nH]2)c(Br)c(Br)c1Br. The van der Waals surface area contributed by atoms with Crippen LogP contribution in [0.3, 0.4) is 0 Å². The first kappa shape index (κ1) is 11.8. The summed E-state index contributed by atoms with van der Waals surface area (Å²) in [6, 6.07) is 3.91. The zero-order chi connectivity index (χ0) is 11.0. The molecule has 0 saturated carbocycles. The van der Waals surface area contributed by atoms with Crippen molar-refractivity contribution in [1.29, 1.82) is 0 Å². The van der Waals surface area contributed by atoms with Crippen LogP contribution in [-0.2, 0) is 0 Å². The molecule has 15 heavy (non-hydrogen) atoms. The van der Waals surface area contributed by atoms with E-state index in [0.29, 0.717) is 0 Å². The van der Waals surface area contributed by atoms with Crippen molar-refractivity contribution in [1.82, 2.24) is 9.97 Å². The van der Waals surface area contributed by atoms with Crippen molar-refractivity contribution in [2.24, 2.45) is 0 Å². The molecule has 0 aromatic carbocycles. The quantitative estimate of drug-likeness (QED) is 0.589. The lowest BCUT2D eigenvalue weighted by atomic mass is 10.3. The molecule has 2 rings (SSSR count). The number of halogens is 4. The van der Waals surface area contributed by atoms with Crippen molar-refractivity contribution in [3.63, 3.8) is 0 Å². The van der Waals surface area contributed by atoms with Gasteiger partial charge in [0, 0.05) is 6.20 Å². The van der Waals surface area contributed by atoms with Gasteiger partial charge in [-0.1, -0.05) is 0 Å². The highest BCUT2D eigenvalue weighted by molar-refractivity contribution is 9.15. The summed E-state index contributed by atoms with van der Waals surface area (Å²) in [6.45, 7) is 0. The van der Waals surface area contributed by atoms with Gasteiger partial charge in [0.15, 0.2) is 0 Å². The Bertz CT molecular complexity index is 493. The second kappa shape index (κ2) is 4.69. The molecular formula is C9H4Br4N2. The average Bonchev–Trinajstić information content (AvgIpc) is 2.73. The monoisotopic (exact) mass is 456 g/mol. The van der Waals surface area contributed by atoms with Crippen LogP contribution in [0.25, 0.3) is 11.4 Å². The molecule has 0 aliphatic rings. The van der Waals surface area contributed by atoms with Gasteiger partial charge in [-0.3, -0.25) is 0 Å². The van der Waals surface area contributed by atoms with Gasteiger partial charge < -0.3 is 4.98 Å². The molecule has 2 aromatic heterocycles. The lowest BCUT2D eigenvalue weighted by Crippen LogP contribution is -1.90. The van der Waals surface area contributed by atoms with Crippen LogP contribution in [0.5, 0.6) is 0 Å². The van der Waals surface area contributed by atoms with Gasteiger partial charge in [-0.05, 0) is 75.9 Å². The lowest BCUT2D eigenvalue weighted by molar-refractivity contribution is 1.20. The second-order valence-electron chi connectivity index (χ2n) is 2.78. The molecule has 0 saturated heterocycles. The van der Waals surface area contributed by atoms with Crippen LogP contribution in [0, 0.1) is 0 Å². The Labute approximate surface area is 120 Å². The van der Waals surface area contributed by atoms with Crippen molar-refractivity contribution in [3.8, 4) is 11.4 Å². The molecule has 0 radical (unpaired) electrons. The van der Waals surface area contributed by atoms with Gasteiger partial charge in [0.2, 0.25) is 0 Å². The third-order valence-corrected chi connectivity index (χ3v) is 6.34. The van der Waals surface area contributed by atoms with Crippen LogP contribution in [0.15, 0.2) is 36.4 Å². The topological polar surface area (TPSA) is 28.7 Å². The van der Waals surface area contributed by atoms with Crippen molar-refractivity contribution in [3.05, 3.63) is 36.4 Å². The second-order valence-corrected chi connectivity index (χ2v) is 5.91. The summed E-state index contributed by atoms with van der Waals surface area (Å²) < 4.78 is 3.51. The minimum atomic E-state index is 0.766. The number of hydrogen-bond acceptors (Lipinski definition) is 1. The van der Waals surface area contributed by atoms with Crippen LogP contribution < -0.4 is 0 Å². The maximum absolute atomic E-state index is 4.44. The number of nitrogens with one attached hydrogen (secondary N) is 1. The molecule has 0 aliphatic heterocycles. The van der Waals surface area contributed by atoms with Gasteiger partial charge in [0.1, 0.15) is 10.3 Å². The van der Waals surface area contributed by atoms with Crippen molar-refractivity contribution < 1.29 is 0 Å². The summed E-state index contributed by atoms with van der Waals surface area (Å²) in [5, 5.41) is 0. The fraction of sp³-hybridized carbons (Fsp3) is 0. The molecule has 1 N–H and O–H groups in total. The lowest BCUT2D eigenvalue weighted by Gasteiger charge is -2.07. The molecule has 0 amide bonds. The van der Waals surface area contributed by atoms with E-state index in [2.05, 4.69) is 73.7 Å². The van der Waals surface area contributed by atoms with E-state index in [-0.39, 0.29) is 0 Å². The van der Waals surface area contributed by atoms with E-state index in [0.717, 1.165) is 29.4 Å². The number of rotatable bonds is 1. The Morgan fingerprint density at radius 3 is 2.33 bits per heavy atom. The summed E-state index contributed by atoms with van der Waals surface area (Å²) in [5.41, 5.74) is 1.83. The molecule has 0 spiro atoms. The van der Waals surface area contributed by atoms with Gasteiger partial charge >= 0.3 is 0 Å². The first-order valence-corrected chi connectivity index (χ1v) is 7.12. The molecule has 0 atom stereocenters. The standard InChI is InChI=1S/C9H4Br4N2/c10-5-6(11)8(4-2-1-3-14-4)15-9(13)7(5)12/h1-3,14H. The largest absolute Gasteiger partial charge is 0.360 e. The molecule has 0 unspecified atom stereocenters. The average molecular weight is 460 g/mol. The van der Waals surface area contributed by atoms with E-state index >= 15 is 0 Å². The summed E-state index contributed by atoms with van der Waals surface area (Å²) in [7, 11) is 0. The van der Waals surface area contributed by atoms with E-state index in [4.69, 9.17) is 0 Å². The Morgan fingerprint density at radius 2 is 1.73 bits per heavy atom. The molecular weight excluding hydrogens is 456 g/mol. The molecule has 6 heteroatoms. The Morgan fingerprint density at radius 1 is 1.00 bits per heavy atom. The van der Waals surface area contributed by atoms with Gasteiger partial charge in [-0.2, -0.15) is 0 Å². The fourth-order valence-electron chi connectivity index (χ4n) is 1.14. The highest BCUT2D eigenvalue weighted by Gasteiger charge is 2.14. The molecule has 2 aromatic rings. The van der Waals surface area contributed by atoms with Crippen LogP contribution in [0.1, 0.15) is 0 Å². The maximum Gasteiger partial charge on any atom is 0.122 e. The van der Waals surface area contributed by atoms with Crippen LogP contribution in [-0.4, -0.2) is 9.97 Å². The number of H-pyrrole nitrogens is 1. The predicted octanol–water partition coefficient (Wildman–Crippen LogP) is 5.13. The summed E-state index contributed by atoms with van der Waals surface area (Å²) in [4.78, 5) is 7.56. The van der Waals surface area contributed by atoms with E-state index in [1.807, 2.05) is 18.3 Å². The number of hydrogen-bond donors (Lipinski definition) is 1. The van der Waals surface area contributed by atoms with Gasteiger partial charge in [-0.15, -0.1) is 0 Å². The van der Waals surface area contributed by atoms with Gasteiger partial charge in [-0.25, -0.2) is 4.98 Å². The zero-order valence-corrected chi connectivity index (χ0v) is 13.5. The molecule has 2 heterocycles. The van der Waals surface area contributed by atoms with Crippen molar-refractivity contribution in [2.75, 3.05) is 0 Å². The minimum Gasteiger partial charge on any atom is -0.360 e. The van der Waals surface area contributed by atoms with E-state index in [9.17, 15) is 0 Å². The van der Waals surface area contributed by atoms with E-state index < -0.39 is 0 Å². The minimum absolute atomic E-state index is 0.766. The third kappa shape index (κ3) is 2.23. The van der Waals surface area contributed by atoms with E-state index in [1.165, 1.54) is 0 Å². The molecule has 78 valence electrons. The highest BCUT2D eigenvalue weighted by atomic mass is 79.9. The number of pyridine rings is 1. The summed E-state index contributed by atoms with van der Waals surface area (Å²) in [6.07, 6.45) is 1.87. The van der Waals surface area contributed by atoms with E-state index in [1.54, 1.807) is 0 Å². The predicted molar refractivity (Wildman–Crippen MR) is 74.8 cm³/mol. The normalized spacial score (nSPS) is 10.7. The molecule has 0 bridgehead atoms. The Kier molecular flexibility index (Phi) is 3.70. The van der Waals surface area contributed by atoms with Gasteiger partial charge in [0.25, 0.3) is 0 Å². The Balaban J connectivity index is 2.69. The van der Waals surface area contributed by atoms with Crippen LogP contribution in [0.4, 0.5) is 0 Å². The molecule has 2 nitrogen and oxygen atoms in total. The third-order valence-electron chi connectivity index (χ3n) is 1.84.